The number of nitrogens with zero attached hydrogens (tertiary/aromatic N) is 1. The number of ether oxygens (including phenoxy) is 1. The van der Waals surface area contributed by atoms with Crippen molar-refractivity contribution in [3.63, 3.8) is 0 Å². The summed E-state index contributed by atoms with van der Waals surface area (Å²) in [6.07, 6.45) is 3.53. The molecule has 0 aliphatic rings. The van der Waals surface area contributed by atoms with Crippen LogP contribution in [0.5, 0.6) is 5.75 Å². The topological polar surface area (TPSA) is 34.1 Å². The lowest BCUT2D eigenvalue weighted by molar-refractivity contribution is 0.333. The van der Waals surface area contributed by atoms with Gasteiger partial charge in [0.1, 0.15) is 12.4 Å². The molecular weight excluding hydrogens is 327 g/mol. The van der Waals surface area contributed by atoms with E-state index in [4.69, 9.17) is 4.74 Å². The van der Waals surface area contributed by atoms with Gasteiger partial charge in [0.15, 0.2) is 0 Å². The highest BCUT2D eigenvalue weighted by molar-refractivity contribution is 14.1. The molecule has 0 aliphatic carbocycles. The second-order valence-electron chi connectivity index (χ2n) is 3.47. The van der Waals surface area contributed by atoms with Gasteiger partial charge in [0.2, 0.25) is 0 Å². The number of nitrogens with one attached hydrogen (secondary N) is 1. The second-order valence-corrected chi connectivity index (χ2v) is 4.71. The lowest BCUT2D eigenvalue weighted by atomic mass is 10.3. The van der Waals surface area contributed by atoms with Crippen molar-refractivity contribution >= 4 is 28.3 Å². The fourth-order valence-electron chi connectivity index (χ4n) is 1.36. The maximum absolute atomic E-state index is 5.60. The fraction of sp³-hybridized carbons (Fsp3) is 0.154. The number of rotatable bonds is 5. The SMILES string of the molecule is Ic1ccc(OCCNc2ccncc2)cc1. The molecule has 2 rings (SSSR count). The average molecular weight is 340 g/mol. The first-order chi connectivity index (χ1) is 8.34. The van der Waals surface area contributed by atoms with Crippen LogP contribution in [0.2, 0.25) is 0 Å². The van der Waals surface area contributed by atoms with Gasteiger partial charge in [-0.05, 0) is 59.0 Å². The van der Waals surface area contributed by atoms with Crippen molar-refractivity contribution in [1.29, 1.82) is 0 Å². The molecule has 17 heavy (non-hydrogen) atoms. The lowest BCUT2D eigenvalue weighted by Crippen LogP contribution is -2.11. The molecule has 0 unspecified atom stereocenters. The van der Waals surface area contributed by atoms with Crippen molar-refractivity contribution < 1.29 is 4.74 Å². The Bertz CT molecular complexity index is 445. The van der Waals surface area contributed by atoms with Gasteiger partial charge in [0.25, 0.3) is 0 Å². The zero-order chi connectivity index (χ0) is 11.9. The minimum atomic E-state index is 0.642. The van der Waals surface area contributed by atoms with Gasteiger partial charge in [0.05, 0.1) is 0 Å². The normalized spacial score (nSPS) is 9.94. The molecule has 0 fully saturated rings. The van der Waals surface area contributed by atoms with Crippen LogP contribution in [-0.4, -0.2) is 18.1 Å². The summed E-state index contributed by atoms with van der Waals surface area (Å²) in [5, 5.41) is 3.26. The van der Waals surface area contributed by atoms with E-state index in [2.05, 4.69) is 32.9 Å². The Hall–Kier alpha value is -1.30. The molecule has 1 aromatic heterocycles. The molecule has 1 heterocycles. The molecule has 0 radical (unpaired) electrons. The molecule has 0 amide bonds. The summed E-state index contributed by atoms with van der Waals surface area (Å²) < 4.78 is 6.81. The molecule has 4 heteroatoms. The van der Waals surface area contributed by atoms with Crippen LogP contribution in [0.3, 0.4) is 0 Å². The molecule has 1 aromatic carbocycles. The van der Waals surface area contributed by atoms with Crippen molar-refractivity contribution in [2.75, 3.05) is 18.5 Å². The molecule has 1 N–H and O–H groups in total. The third-order valence-corrected chi connectivity index (χ3v) is 2.91. The summed E-state index contributed by atoms with van der Waals surface area (Å²) >= 11 is 2.28. The van der Waals surface area contributed by atoms with E-state index < -0.39 is 0 Å². The summed E-state index contributed by atoms with van der Waals surface area (Å²) in [4.78, 5) is 3.96. The van der Waals surface area contributed by atoms with Crippen LogP contribution >= 0.6 is 22.6 Å². The molecule has 3 nitrogen and oxygen atoms in total. The summed E-state index contributed by atoms with van der Waals surface area (Å²) in [6.45, 7) is 1.42. The van der Waals surface area contributed by atoms with Gasteiger partial charge in [-0.15, -0.1) is 0 Å². The van der Waals surface area contributed by atoms with E-state index in [0.717, 1.165) is 18.0 Å². The predicted octanol–water partition coefficient (Wildman–Crippen LogP) is 3.18. The number of benzene rings is 1. The number of pyridine rings is 1. The van der Waals surface area contributed by atoms with E-state index in [1.54, 1.807) is 12.4 Å². The molecule has 2 aromatic rings. The maximum atomic E-state index is 5.60. The van der Waals surface area contributed by atoms with Gasteiger partial charge in [-0.2, -0.15) is 0 Å². The standard InChI is InChI=1S/C13H13IN2O/c14-11-1-3-13(4-2-11)17-10-9-16-12-5-7-15-8-6-12/h1-8H,9-10H2,(H,15,16). The third kappa shape index (κ3) is 4.22. The van der Waals surface area contributed by atoms with Crippen LogP contribution in [0.1, 0.15) is 0 Å². The highest BCUT2D eigenvalue weighted by Gasteiger charge is 1.94. The summed E-state index contributed by atoms with van der Waals surface area (Å²) in [7, 11) is 0. The largest absolute Gasteiger partial charge is 0.492 e. The molecule has 0 saturated carbocycles. The number of hydrogen-bond acceptors (Lipinski definition) is 3. The van der Waals surface area contributed by atoms with Crippen LogP contribution in [0, 0.1) is 3.57 Å². The molecular formula is C13H13IN2O. The van der Waals surface area contributed by atoms with Crippen molar-refractivity contribution in [3.8, 4) is 5.75 Å². The van der Waals surface area contributed by atoms with Crippen LogP contribution in [-0.2, 0) is 0 Å². The number of aromatic nitrogens is 1. The quantitative estimate of drug-likeness (QED) is 0.671. The predicted molar refractivity (Wildman–Crippen MR) is 77.4 cm³/mol. The van der Waals surface area contributed by atoms with E-state index in [1.807, 2.05) is 36.4 Å². The van der Waals surface area contributed by atoms with Gasteiger partial charge in [-0.3, -0.25) is 4.98 Å². The number of hydrogen-bond donors (Lipinski definition) is 1. The molecule has 0 aliphatic heterocycles. The van der Waals surface area contributed by atoms with Gasteiger partial charge >= 0.3 is 0 Å². The van der Waals surface area contributed by atoms with Crippen molar-refractivity contribution in [2.45, 2.75) is 0 Å². The van der Waals surface area contributed by atoms with Crippen molar-refractivity contribution in [1.82, 2.24) is 4.98 Å². The Balaban J connectivity index is 1.71. The van der Waals surface area contributed by atoms with Gasteiger partial charge in [-0.1, -0.05) is 0 Å². The van der Waals surface area contributed by atoms with Gasteiger partial charge in [0, 0.05) is 28.2 Å². The Morgan fingerprint density at radius 2 is 1.76 bits per heavy atom. The first-order valence-corrected chi connectivity index (χ1v) is 6.45. The fourth-order valence-corrected chi connectivity index (χ4v) is 1.72. The zero-order valence-electron chi connectivity index (χ0n) is 9.27. The molecule has 88 valence electrons. The minimum Gasteiger partial charge on any atom is -0.492 e. The zero-order valence-corrected chi connectivity index (χ0v) is 11.4. The molecule has 0 saturated heterocycles. The van der Waals surface area contributed by atoms with Crippen LogP contribution in [0.25, 0.3) is 0 Å². The van der Waals surface area contributed by atoms with Crippen molar-refractivity contribution in [2.24, 2.45) is 0 Å². The van der Waals surface area contributed by atoms with Crippen LogP contribution < -0.4 is 10.1 Å². The van der Waals surface area contributed by atoms with Crippen LogP contribution in [0.15, 0.2) is 48.8 Å². The van der Waals surface area contributed by atoms with Gasteiger partial charge < -0.3 is 10.1 Å². The second kappa shape index (κ2) is 6.44. The van der Waals surface area contributed by atoms with E-state index >= 15 is 0 Å². The average Bonchev–Trinajstić information content (AvgIpc) is 2.38. The lowest BCUT2D eigenvalue weighted by Gasteiger charge is -2.08. The Morgan fingerprint density at radius 3 is 2.47 bits per heavy atom. The molecule has 0 spiro atoms. The number of anilines is 1. The smallest absolute Gasteiger partial charge is 0.119 e. The third-order valence-electron chi connectivity index (χ3n) is 2.19. The highest BCUT2D eigenvalue weighted by Crippen LogP contribution is 2.13. The summed E-state index contributed by atoms with van der Waals surface area (Å²) in [5.41, 5.74) is 1.06. The monoisotopic (exact) mass is 340 g/mol. The van der Waals surface area contributed by atoms with Crippen molar-refractivity contribution in [3.05, 3.63) is 52.4 Å². The summed E-state index contributed by atoms with van der Waals surface area (Å²) in [5.74, 6) is 0.905. The Kier molecular flexibility index (Phi) is 4.61. The van der Waals surface area contributed by atoms with E-state index in [-0.39, 0.29) is 0 Å². The summed E-state index contributed by atoms with van der Waals surface area (Å²) in [6, 6.07) is 11.9. The first kappa shape index (κ1) is 12.2. The highest BCUT2D eigenvalue weighted by atomic mass is 127. The Labute approximate surface area is 114 Å². The minimum absolute atomic E-state index is 0.642. The van der Waals surface area contributed by atoms with Crippen LogP contribution in [0.4, 0.5) is 5.69 Å². The molecule has 0 bridgehead atoms. The maximum Gasteiger partial charge on any atom is 0.119 e. The van der Waals surface area contributed by atoms with E-state index in [1.165, 1.54) is 3.57 Å². The number of halogens is 1. The first-order valence-electron chi connectivity index (χ1n) is 5.37. The Morgan fingerprint density at radius 1 is 1.06 bits per heavy atom. The van der Waals surface area contributed by atoms with E-state index in [0.29, 0.717) is 6.61 Å². The van der Waals surface area contributed by atoms with E-state index in [9.17, 15) is 0 Å². The molecule has 0 atom stereocenters. The van der Waals surface area contributed by atoms with Gasteiger partial charge in [-0.25, -0.2) is 0 Å².